The lowest BCUT2D eigenvalue weighted by molar-refractivity contribution is 0.269. The molecule has 0 bridgehead atoms. The van der Waals surface area contributed by atoms with Crippen LogP contribution in [0.5, 0.6) is 0 Å². The summed E-state index contributed by atoms with van der Waals surface area (Å²) in [7, 11) is 2.19. The number of benzene rings is 1. The lowest BCUT2D eigenvalue weighted by Crippen LogP contribution is -2.29. The number of rotatable bonds is 9. The number of nitrogens with zero attached hydrogens (tertiary/aromatic N) is 1. The molecule has 0 heterocycles. The van der Waals surface area contributed by atoms with Crippen LogP contribution in [0, 0.1) is 0 Å². The van der Waals surface area contributed by atoms with Crippen molar-refractivity contribution in [3.8, 4) is 0 Å². The van der Waals surface area contributed by atoms with Gasteiger partial charge in [-0.1, -0.05) is 30.3 Å². The molecule has 18 heavy (non-hydrogen) atoms. The van der Waals surface area contributed by atoms with Crippen LogP contribution in [0.2, 0.25) is 0 Å². The van der Waals surface area contributed by atoms with Gasteiger partial charge in [-0.2, -0.15) is 0 Å². The van der Waals surface area contributed by atoms with Crippen LogP contribution >= 0.6 is 0 Å². The molecule has 0 amide bonds. The first-order valence-electron chi connectivity index (χ1n) is 7.15. The van der Waals surface area contributed by atoms with Gasteiger partial charge in [0.1, 0.15) is 0 Å². The minimum atomic E-state index is 0.656. The van der Waals surface area contributed by atoms with Gasteiger partial charge in [-0.25, -0.2) is 0 Å². The SMILES string of the molecule is CC(C)N(C)CCCNCCCc1ccccc1. The Morgan fingerprint density at radius 2 is 1.72 bits per heavy atom. The molecule has 0 aliphatic heterocycles. The Bertz CT molecular complexity index is 295. The van der Waals surface area contributed by atoms with E-state index in [4.69, 9.17) is 0 Å². The highest BCUT2D eigenvalue weighted by Gasteiger charge is 2.01. The van der Waals surface area contributed by atoms with E-state index in [0.717, 1.165) is 13.1 Å². The Morgan fingerprint density at radius 3 is 2.39 bits per heavy atom. The molecule has 0 saturated heterocycles. The van der Waals surface area contributed by atoms with Crippen LogP contribution in [-0.4, -0.2) is 37.6 Å². The highest BCUT2D eigenvalue weighted by molar-refractivity contribution is 5.14. The van der Waals surface area contributed by atoms with E-state index in [0.29, 0.717) is 6.04 Å². The Hall–Kier alpha value is -0.860. The monoisotopic (exact) mass is 248 g/mol. The summed E-state index contributed by atoms with van der Waals surface area (Å²) in [6, 6.07) is 11.4. The van der Waals surface area contributed by atoms with E-state index in [1.165, 1.54) is 31.4 Å². The predicted octanol–water partition coefficient (Wildman–Crippen LogP) is 2.94. The van der Waals surface area contributed by atoms with E-state index in [1.807, 2.05) is 0 Å². The number of aryl methyl sites for hydroxylation is 1. The second-order valence-electron chi connectivity index (χ2n) is 5.27. The zero-order valence-electron chi connectivity index (χ0n) is 12.2. The van der Waals surface area contributed by atoms with E-state index in [9.17, 15) is 0 Å². The van der Waals surface area contributed by atoms with Crippen LogP contribution in [0.3, 0.4) is 0 Å². The molecule has 0 aromatic heterocycles. The van der Waals surface area contributed by atoms with Crippen molar-refractivity contribution in [1.82, 2.24) is 10.2 Å². The first-order chi connectivity index (χ1) is 8.70. The summed E-state index contributed by atoms with van der Waals surface area (Å²) in [6.45, 7) is 7.93. The minimum absolute atomic E-state index is 0.656. The van der Waals surface area contributed by atoms with Gasteiger partial charge < -0.3 is 10.2 Å². The van der Waals surface area contributed by atoms with E-state index >= 15 is 0 Å². The van der Waals surface area contributed by atoms with Crippen LogP contribution in [-0.2, 0) is 6.42 Å². The van der Waals surface area contributed by atoms with Crippen molar-refractivity contribution in [3.05, 3.63) is 35.9 Å². The zero-order valence-corrected chi connectivity index (χ0v) is 12.2. The smallest absolute Gasteiger partial charge is 0.00355 e. The third kappa shape index (κ3) is 6.77. The average molecular weight is 248 g/mol. The largest absolute Gasteiger partial charge is 0.317 e. The van der Waals surface area contributed by atoms with Crippen LogP contribution < -0.4 is 5.32 Å². The summed E-state index contributed by atoms with van der Waals surface area (Å²) >= 11 is 0. The van der Waals surface area contributed by atoms with Crippen LogP contribution in [0.4, 0.5) is 0 Å². The second-order valence-corrected chi connectivity index (χ2v) is 5.27. The maximum absolute atomic E-state index is 3.52. The van der Waals surface area contributed by atoms with Crippen LogP contribution in [0.25, 0.3) is 0 Å². The number of hydrogen-bond donors (Lipinski definition) is 1. The van der Waals surface area contributed by atoms with Gasteiger partial charge in [0.2, 0.25) is 0 Å². The maximum atomic E-state index is 3.52. The second kappa shape index (κ2) is 9.12. The number of hydrogen-bond acceptors (Lipinski definition) is 2. The Labute approximate surface area is 112 Å². The van der Waals surface area contributed by atoms with Crippen molar-refractivity contribution in [2.45, 2.75) is 39.2 Å². The van der Waals surface area contributed by atoms with E-state index in [2.05, 4.69) is 61.4 Å². The molecule has 0 fully saturated rings. The van der Waals surface area contributed by atoms with Gasteiger partial charge in [0.25, 0.3) is 0 Å². The van der Waals surface area contributed by atoms with E-state index in [-0.39, 0.29) is 0 Å². The summed E-state index contributed by atoms with van der Waals surface area (Å²) in [4.78, 5) is 2.39. The first-order valence-corrected chi connectivity index (χ1v) is 7.15. The van der Waals surface area contributed by atoms with Crippen molar-refractivity contribution in [2.75, 3.05) is 26.7 Å². The molecule has 0 spiro atoms. The summed E-state index contributed by atoms with van der Waals surface area (Å²) in [5.74, 6) is 0. The van der Waals surface area contributed by atoms with Crippen molar-refractivity contribution in [1.29, 1.82) is 0 Å². The molecule has 2 heteroatoms. The van der Waals surface area contributed by atoms with Crippen molar-refractivity contribution in [3.63, 3.8) is 0 Å². The van der Waals surface area contributed by atoms with E-state index < -0.39 is 0 Å². The quantitative estimate of drug-likeness (QED) is 0.676. The van der Waals surface area contributed by atoms with Crippen molar-refractivity contribution in [2.24, 2.45) is 0 Å². The molecule has 0 atom stereocenters. The molecule has 1 aromatic rings. The normalized spacial score (nSPS) is 11.4. The average Bonchev–Trinajstić information content (AvgIpc) is 2.38. The summed E-state index contributed by atoms with van der Waals surface area (Å²) in [5, 5.41) is 3.52. The highest BCUT2D eigenvalue weighted by atomic mass is 15.1. The van der Waals surface area contributed by atoms with E-state index in [1.54, 1.807) is 0 Å². The fourth-order valence-electron chi connectivity index (χ4n) is 1.90. The molecule has 0 aliphatic rings. The summed E-state index contributed by atoms with van der Waals surface area (Å²) in [5.41, 5.74) is 1.44. The topological polar surface area (TPSA) is 15.3 Å². The van der Waals surface area contributed by atoms with Crippen molar-refractivity contribution < 1.29 is 0 Å². The summed E-state index contributed by atoms with van der Waals surface area (Å²) < 4.78 is 0. The van der Waals surface area contributed by atoms with Gasteiger partial charge in [-0.3, -0.25) is 0 Å². The molecular weight excluding hydrogens is 220 g/mol. The first kappa shape index (κ1) is 15.2. The molecule has 0 radical (unpaired) electrons. The molecule has 0 unspecified atom stereocenters. The molecule has 1 aromatic carbocycles. The molecular formula is C16H28N2. The summed E-state index contributed by atoms with van der Waals surface area (Å²) in [6.07, 6.45) is 3.64. The lowest BCUT2D eigenvalue weighted by Gasteiger charge is -2.20. The van der Waals surface area contributed by atoms with Crippen LogP contribution in [0.1, 0.15) is 32.3 Å². The zero-order chi connectivity index (χ0) is 13.2. The fraction of sp³-hybridized carbons (Fsp3) is 0.625. The molecule has 0 saturated carbocycles. The highest BCUT2D eigenvalue weighted by Crippen LogP contribution is 2.01. The number of nitrogens with one attached hydrogen (secondary N) is 1. The van der Waals surface area contributed by atoms with Gasteiger partial charge in [0.15, 0.2) is 0 Å². The van der Waals surface area contributed by atoms with Gasteiger partial charge >= 0.3 is 0 Å². The standard InChI is InChI=1S/C16H28N2/c1-15(2)18(3)14-8-13-17-12-7-11-16-9-5-4-6-10-16/h4-6,9-10,15,17H,7-8,11-14H2,1-3H3. The third-order valence-corrected chi connectivity index (χ3v) is 3.41. The van der Waals surface area contributed by atoms with Crippen LogP contribution in [0.15, 0.2) is 30.3 Å². The molecule has 2 nitrogen and oxygen atoms in total. The van der Waals surface area contributed by atoms with Gasteiger partial charge in [0.05, 0.1) is 0 Å². The Balaban J connectivity index is 1.93. The lowest BCUT2D eigenvalue weighted by atomic mass is 10.1. The van der Waals surface area contributed by atoms with Gasteiger partial charge in [-0.05, 0) is 65.4 Å². The molecule has 0 aliphatic carbocycles. The van der Waals surface area contributed by atoms with Crippen molar-refractivity contribution >= 4 is 0 Å². The Morgan fingerprint density at radius 1 is 1.06 bits per heavy atom. The minimum Gasteiger partial charge on any atom is -0.317 e. The predicted molar refractivity (Wildman–Crippen MR) is 80.0 cm³/mol. The van der Waals surface area contributed by atoms with Gasteiger partial charge in [0, 0.05) is 6.04 Å². The fourth-order valence-corrected chi connectivity index (χ4v) is 1.90. The van der Waals surface area contributed by atoms with Gasteiger partial charge in [-0.15, -0.1) is 0 Å². The maximum Gasteiger partial charge on any atom is 0.00355 e. The Kier molecular flexibility index (Phi) is 7.70. The third-order valence-electron chi connectivity index (χ3n) is 3.41. The molecule has 1 N–H and O–H groups in total. The molecule has 102 valence electrons. The molecule has 1 rings (SSSR count).